The molecule has 0 aliphatic heterocycles. The van der Waals surface area contributed by atoms with Crippen molar-refractivity contribution in [2.24, 2.45) is 17.8 Å². The van der Waals surface area contributed by atoms with Gasteiger partial charge in [-0.1, -0.05) is 273 Å². The van der Waals surface area contributed by atoms with E-state index in [0.29, 0.717) is 31.6 Å². The molecule has 0 aliphatic rings. The molecule has 6 atom stereocenters. The molecule has 0 saturated heterocycles. The van der Waals surface area contributed by atoms with Crippen LogP contribution >= 0.6 is 15.6 Å². The third kappa shape index (κ3) is 59.5. The van der Waals surface area contributed by atoms with Crippen LogP contribution in [0.5, 0.6) is 0 Å². The summed E-state index contributed by atoms with van der Waals surface area (Å²) < 4.78 is 68.0. The third-order valence-corrected chi connectivity index (χ3v) is 17.4. The lowest BCUT2D eigenvalue weighted by atomic mass is 9.99. The number of phosphoric ester groups is 2. The molecule has 85 heavy (non-hydrogen) atoms. The fourth-order valence-corrected chi connectivity index (χ4v) is 11.4. The SMILES string of the molecule is CCCCCCCCCCC(=O)OC[C@H](COP(=O)(O)OC[C@H](O)COP(=O)(O)OC[C@@H](COC(=O)CCCCCCCCCCC(C)CC)OC(=O)CCCCCCCCCCCCCCCC(C)C)OC(=O)CCCCCCCCC(C)C. The van der Waals surface area contributed by atoms with Gasteiger partial charge in [0, 0.05) is 25.7 Å². The van der Waals surface area contributed by atoms with Gasteiger partial charge in [0.05, 0.1) is 26.4 Å². The van der Waals surface area contributed by atoms with Gasteiger partial charge in [0.2, 0.25) is 0 Å². The zero-order chi connectivity index (χ0) is 63.1. The molecule has 3 unspecified atom stereocenters. The van der Waals surface area contributed by atoms with Crippen molar-refractivity contribution in [1.29, 1.82) is 0 Å². The van der Waals surface area contributed by atoms with E-state index in [-0.39, 0.29) is 25.7 Å². The summed E-state index contributed by atoms with van der Waals surface area (Å²) >= 11 is 0. The molecule has 19 heteroatoms. The van der Waals surface area contributed by atoms with E-state index in [4.69, 9.17) is 37.0 Å². The van der Waals surface area contributed by atoms with Crippen LogP contribution < -0.4 is 0 Å². The molecule has 504 valence electrons. The van der Waals surface area contributed by atoms with Crippen molar-refractivity contribution in [3.8, 4) is 0 Å². The lowest BCUT2D eigenvalue weighted by molar-refractivity contribution is -0.161. The Morgan fingerprint density at radius 3 is 0.894 bits per heavy atom. The summed E-state index contributed by atoms with van der Waals surface area (Å²) in [6.07, 6.45) is 39.1. The highest BCUT2D eigenvalue weighted by Crippen LogP contribution is 2.45. The molecule has 0 heterocycles. The second kappa shape index (κ2) is 57.2. The van der Waals surface area contributed by atoms with Crippen LogP contribution in [0, 0.1) is 17.8 Å². The Bertz CT molecular complexity index is 1680. The maximum absolute atomic E-state index is 13.0. The number of unbranched alkanes of at least 4 members (excludes halogenated alkanes) is 31. The second-order valence-corrected chi connectivity index (χ2v) is 28.0. The summed E-state index contributed by atoms with van der Waals surface area (Å²) in [5.41, 5.74) is 0. The minimum Gasteiger partial charge on any atom is -0.462 e. The summed E-state index contributed by atoms with van der Waals surface area (Å²) in [6.45, 7) is 11.7. The van der Waals surface area contributed by atoms with Crippen LogP contribution in [0.3, 0.4) is 0 Å². The van der Waals surface area contributed by atoms with Gasteiger partial charge in [-0.25, -0.2) is 9.13 Å². The molecule has 0 fully saturated rings. The number of carbonyl (C=O) groups is 4. The molecular weight excluding hydrogens is 1130 g/mol. The molecule has 0 radical (unpaired) electrons. The first-order valence-corrected chi connectivity index (χ1v) is 37.4. The predicted molar refractivity (Wildman–Crippen MR) is 340 cm³/mol. The smallest absolute Gasteiger partial charge is 0.462 e. The average Bonchev–Trinajstić information content (AvgIpc) is 3.62. The van der Waals surface area contributed by atoms with Gasteiger partial charge in [-0.3, -0.25) is 37.3 Å². The van der Waals surface area contributed by atoms with Crippen molar-refractivity contribution >= 4 is 39.5 Å². The molecular formula is C66H128O17P2. The topological polar surface area (TPSA) is 237 Å². The van der Waals surface area contributed by atoms with E-state index in [2.05, 4.69) is 48.5 Å². The lowest BCUT2D eigenvalue weighted by Crippen LogP contribution is -2.30. The Hall–Kier alpha value is -1.94. The van der Waals surface area contributed by atoms with Crippen molar-refractivity contribution in [1.82, 2.24) is 0 Å². The highest BCUT2D eigenvalue weighted by atomic mass is 31.2. The van der Waals surface area contributed by atoms with E-state index in [1.54, 1.807) is 0 Å². The highest BCUT2D eigenvalue weighted by Gasteiger charge is 2.30. The normalized spacial score (nSPS) is 14.6. The number of hydrogen-bond donors (Lipinski definition) is 3. The zero-order valence-electron chi connectivity index (χ0n) is 55.1. The molecule has 3 N–H and O–H groups in total. The van der Waals surface area contributed by atoms with Crippen LogP contribution in [0.2, 0.25) is 0 Å². The second-order valence-electron chi connectivity index (χ2n) is 25.1. The number of phosphoric acid groups is 2. The van der Waals surface area contributed by atoms with Gasteiger partial charge < -0.3 is 33.8 Å². The summed E-state index contributed by atoms with van der Waals surface area (Å²) in [4.78, 5) is 72.2. The maximum Gasteiger partial charge on any atom is 0.472 e. The Morgan fingerprint density at radius 2 is 0.600 bits per heavy atom. The average molecular weight is 1260 g/mol. The minimum absolute atomic E-state index is 0.102. The summed E-state index contributed by atoms with van der Waals surface area (Å²) in [7, 11) is -9.89. The van der Waals surface area contributed by atoms with Crippen LogP contribution in [0.15, 0.2) is 0 Å². The first-order valence-electron chi connectivity index (χ1n) is 34.4. The highest BCUT2D eigenvalue weighted by molar-refractivity contribution is 7.47. The molecule has 0 amide bonds. The van der Waals surface area contributed by atoms with Crippen molar-refractivity contribution in [2.75, 3.05) is 39.6 Å². The molecule has 0 spiro atoms. The first-order chi connectivity index (χ1) is 40.8. The van der Waals surface area contributed by atoms with Crippen LogP contribution in [0.4, 0.5) is 0 Å². The van der Waals surface area contributed by atoms with Crippen molar-refractivity contribution in [3.63, 3.8) is 0 Å². The summed E-state index contributed by atoms with van der Waals surface area (Å²) in [5.74, 6) is 0.0949. The number of ether oxygens (including phenoxy) is 4. The number of rotatable bonds is 64. The molecule has 17 nitrogen and oxygen atoms in total. The Labute approximate surface area is 517 Å². The van der Waals surface area contributed by atoms with E-state index >= 15 is 0 Å². The minimum atomic E-state index is -4.95. The number of aliphatic hydroxyl groups excluding tert-OH is 1. The quantitative estimate of drug-likeness (QED) is 0.0222. The fourth-order valence-electron chi connectivity index (χ4n) is 9.80. The van der Waals surface area contributed by atoms with Gasteiger partial charge in [-0.2, -0.15) is 0 Å². The Kier molecular flexibility index (Phi) is 55.9. The van der Waals surface area contributed by atoms with Gasteiger partial charge in [0.1, 0.15) is 19.3 Å². The van der Waals surface area contributed by atoms with E-state index in [9.17, 15) is 43.2 Å². The van der Waals surface area contributed by atoms with Gasteiger partial charge in [-0.05, 0) is 43.4 Å². The molecule has 0 aromatic carbocycles. The zero-order valence-corrected chi connectivity index (χ0v) is 56.9. The number of esters is 4. The summed E-state index contributed by atoms with van der Waals surface area (Å²) in [5, 5.41) is 10.5. The largest absolute Gasteiger partial charge is 0.472 e. The van der Waals surface area contributed by atoms with E-state index in [1.807, 2.05) is 0 Å². The van der Waals surface area contributed by atoms with Crippen LogP contribution in [-0.4, -0.2) is 96.7 Å². The lowest BCUT2D eigenvalue weighted by Gasteiger charge is -2.21. The Balaban J connectivity index is 5.22. The number of aliphatic hydroxyl groups is 1. The molecule has 0 saturated carbocycles. The third-order valence-electron chi connectivity index (χ3n) is 15.5. The van der Waals surface area contributed by atoms with E-state index < -0.39 is 97.5 Å². The standard InChI is InChI=1S/C66H128O17P2/c1-8-10-11-12-13-25-33-40-47-63(68)76-54-62(83-66(71)50-43-36-29-28-31-38-45-58(5)6)56-81-85(74,75)79-52-60(67)51-78-84(72,73)80-55-61(53-77-64(69)48-41-34-26-22-21-24-32-39-46-59(7)9-2)82-65(70)49-42-35-27-20-18-16-14-15-17-19-23-30-37-44-57(3)4/h57-62,67H,8-56H2,1-7H3,(H,72,73)(H,74,75)/t59?,60-,61-,62-/m1/s1. The molecule has 0 aromatic rings. The number of carbonyl (C=O) groups excluding carboxylic acids is 4. The van der Waals surface area contributed by atoms with Gasteiger partial charge >= 0.3 is 39.5 Å². The van der Waals surface area contributed by atoms with E-state index in [0.717, 1.165) is 108 Å². The van der Waals surface area contributed by atoms with Crippen LogP contribution in [0.25, 0.3) is 0 Å². The fraction of sp³-hybridized carbons (Fsp3) is 0.939. The molecule has 0 aliphatic carbocycles. The number of hydrogen-bond acceptors (Lipinski definition) is 15. The summed E-state index contributed by atoms with van der Waals surface area (Å²) in [6, 6.07) is 0. The first kappa shape index (κ1) is 83.1. The van der Waals surface area contributed by atoms with Crippen LogP contribution in [-0.2, 0) is 65.4 Å². The van der Waals surface area contributed by atoms with Crippen LogP contribution in [0.1, 0.15) is 325 Å². The van der Waals surface area contributed by atoms with E-state index in [1.165, 1.54) is 128 Å². The molecule has 0 bridgehead atoms. The van der Waals surface area contributed by atoms with Gasteiger partial charge in [-0.15, -0.1) is 0 Å². The monoisotopic (exact) mass is 1250 g/mol. The molecule has 0 aromatic heterocycles. The van der Waals surface area contributed by atoms with Crippen molar-refractivity contribution < 1.29 is 80.2 Å². The van der Waals surface area contributed by atoms with Crippen molar-refractivity contribution in [3.05, 3.63) is 0 Å². The maximum atomic E-state index is 13.0. The predicted octanol–water partition coefficient (Wildman–Crippen LogP) is 18.3. The van der Waals surface area contributed by atoms with Gasteiger partial charge in [0.25, 0.3) is 0 Å². The Morgan fingerprint density at radius 1 is 0.341 bits per heavy atom. The van der Waals surface area contributed by atoms with Crippen molar-refractivity contribution in [2.45, 2.75) is 343 Å². The van der Waals surface area contributed by atoms with Gasteiger partial charge in [0.15, 0.2) is 12.2 Å². The molecule has 0 rings (SSSR count).